The highest BCUT2D eigenvalue weighted by atomic mass is 16.5. The van der Waals surface area contributed by atoms with Gasteiger partial charge in [0.05, 0.1) is 6.61 Å². The Labute approximate surface area is 54.1 Å². The normalized spacial score (nSPS) is 9.89. The molecular weight excluding hydrogens is 116 g/mol. The summed E-state index contributed by atoms with van der Waals surface area (Å²) in [6.07, 6.45) is 5.20. The van der Waals surface area contributed by atoms with Gasteiger partial charge in [0.1, 0.15) is 12.0 Å². The summed E-state index contributed by atoms with van der Waals surface area (Å²) in [5, 5.41) is 0. The van der Waals surface area contributed by atoms with Gasteiger partial charge in [-0.25, -0.2) is 4.98 Å². The van der Waals surface area contributed by atoms with Gasteiger partial charge in [-0.15, -0.1) is 0 Å². The highest BCUT2D eigenvalue weighted by molar-refractivity contribution is 4.84. The Morgan fingerprint density at radius 2 is 2.78 bits per heavy atom. The molecule has 3 nitrogen and oxygen atoms in total. The smallest absolute Gasteiger partial charge is 0.109 e. The molecular formula is C6H9N2O. The molecule has 1 aromatic heterocycles. The van der Waals surface area contributed by atoms with Gasteiger partial charge in [0.25, 0.3) is 0 Å². The molecule has 0 unspecified atom stereocenters. The van der Waals surface area contributed by atoms with Crippen molar-refractivity contribution in [3.05, 3.63) is 18.2 Å². The molecule has 49 valence electrons. The van der Waals surface area contributed by atoms with Crippen LogP contribution in [0.3, 0.4) is 0 Å². The van der Waals surface area contributed by atoms with Gasteiger partial charge in [0, 0.05) is 19.7 Å². The molecule has 0 fully saturated rings. The maximum absolute atomic E-state index is 4.84. The molecule has 0 aliphatic heterocycles. The van der Waals surface area contributed by atoms with Gasteiger partial charge >= 0.3 is 0 Å². The summed E-state index contributed by atoms with van der Waals surface area (Å²) in [6, 6.07) is 0. The Morgan fingerprint density at radius 1 is 1.89 bits per heavy atom. The second-order valence-corrected chi connectivity index (χ2v) is 1.72. The standard InChI is InChI=1S/C6H9N2O/c1-9-5-2-6-7-3-4-8-6/h3H,2,5H2,1H3,(H,7,8). The molecule has 1 heterocycles. The van der Waals surface area contributed by atoms with Crippen molar-refractivity contribution in [3.8, 4) is 0 Å². The van der Waals surface area contributed by atoms with Crippen LogP contribution in [0.5, 0.6) is 0 Å². The first kappa shape index (κ1) is 6.29. The monoisotopic (exact) mass is 125 g/mol. The number of H-pyrrole nitrogens is 1. The number of nitrogens with zero attached hydrogens (tertiary/aromatic N) is 1. The number of rotatable bonds is 3. The molecule has 9 heavy (non-hydrogen) atoms. The molecule has 0 aliphatic rings. The van der Waals surface area contributed by atoms with Crippen molar-refractivity contribution in [2.45, 2.75) is 6.42 Å². The Hall–Kier alpha value is -0.830. The van der Waals surface area contributed by atoms with E-state index in [1.54, 1.807) is 13.3 Å². The van der Waals surface area contributed by atoms with E-state index in [0.29, 0.717) is 6.61 Å². The molecule has 3 heteroatoms. The third-order valence-electron chi connectivity index (χ3n) is 1.05. The zero-order chi connectivity index (χ0) is 6.53. The second-order valence-electron chi connectivity index (χ2n) is 1.72. The fourth-order valence-electron chi connectivity index (χ4n) is 0.585. The summed E-state index contributed by atoms with van der Waals surface area (Å²) in [4.78, 5) is 6.82. The van der Waals surface area contributed by atoms with Crippen LogP contribution in [-0.2, 0) is 11.2 Å². The SMILES string of the molecule is COCCc1n[c]c[nH]1. The summed E-state index contributed by atoms with van der Waals surface area (Å²) >= 11 is 0. The number of aromatic amines is 1. The van der Waals surface area contributed by atoms with E-state index in [1.165, 1.54) is 0 Å². The van der Waals surface area contributed by atoms with Crippen molar-refractivity contribution >= 4 is 0 Å². The minimum atomic E-state index is 0.710. The predicted octanol–water partition coefficient (Wildman–Crippen LogP) is 0.399. The third-order valence-corrected chi connectivity index (χ3v) is 1.05. The van der Waals surface area contributed by atoms with E-state index in [0.717, 1.165) is 12.2 Å². The molecule has 0 aromatic carbocycles. The lowest BCUT2D eigenvalue weighted by molar-refractivity contribution is 0.200. The van der Waals surface area contributed by atoms with E-state index in [4.69, 9.17) is 4.74 Å². The van der Waals surface area contributed by atoms with Crippen molar-refractivity contribution < 1.29 is 4.74 Å². The maximum atomic E-state index is 4.84. The fraction of sp³-hybridized carbons (Fsp3) is 0.500. The van der Waals surface area contributed by atoms with Crippen LogP contribution in [0.15, 0.2) is 6.20 Å². The molecule has 1 radical (unpaired) electrons. The molecule has 0 saturated carbocycles. The third kappa shape index (κ3) is 1.85. The first-order valence-corrected chi connectivity index (χ1v) is 2.83. The Bertz CT molecular complexity index is 148. The van der Waals surface area contributed by atoms with Gasteiger partial charge in [-0.2, -0.15) is 0 Å². The van der Waals surface area contributed by atoms with Gasteiger partial charge in [0.2, 0.25) is 0 Å². The Morgan fingerprint density at radius 3 is 3.33 bits per heavy atom. The average molecular weight is 125 g/mol. The van der Waals surface area contributed by atoms with Gasteiger partial charge in [-0.3, -0.25) is 0 Å². The van der Waals surface area contributed by atoms with Gasteiger partial charge in [0.15, 0.2) is 0 Å². The lowest BCUT2D eigenvalue weighted by Gasteiger charge is -1.92. The summed E-state index contributed by atoms with van der Waals surface area (Å²) in [6.45, 7) is 0.710. The van der Waals surface area contributed by atoms with E-state index in [-0.39, 0.29) is 0 Å². The van der Waals surface area contributed by atoms with E-state index in [9.17, 15) is 0 Å². The fourth-order valence-corrected chi connectivity index (χ4v) is 0.585. The minimum Gasteiger partial charge on any atom is -0.384 e. The first-order valence-electron chi connectivity index (χ1n) is 2.83. The van der Waals surface area contributed by atoms with Crippen molar-refractivity contribution in [1.29, 1.82) is 0 Å². The highest BCUT2D eigenvalue weighted by Crippen LogP contribution is 1.87. The van der Waals surface area contributed by atoms with Crippen LogP contribution in [0.4, 0.5) is 0 Å². The molecule has 0 spiro atoms. The number of imidazole rings is 1. The topological polar surface area (TPSA) is 37.9 Å². The first-order chi connectivity index (χ1) is 4.43. The van der Waals surface area contributed by atoms with E-state index >= 15 is 0 Å². The summed E-state index contributed by atoms with van der Waals surface area (Å²) < 4.78 is 4.84. The largest absolute Gasteiger partial charge is 0.384 e. The van der Waals surface area contributed by atoms with Crippen LogP contribution >= 0.6 is 0 Å². The molecule has 0 bridgehead atoms. The van der Waals surface area contributed by atoms with E-state index in [2.05, 4.69) is 16.2 Å². The molecule has 1 rings (SSSR count). The van der Waals surface area contributed by atoms with Gasteiger partial charge in [-0.1, -0.05) is 0 Å². The molecule has 0 aliphatic carbocycles. The molecule has 1 N–H and O–H groups in total. The molecule has 0 atom stereocenters. The van der Waals surface area contributed by atoms with Crippen LogP contribution in [0, 0.1) is 6.20 Å². The average Bonchev–Trinajstić information content (AvgIpc) is 2.34. The van der Waals surface area contributed by atoms with E-state index in [1.807, 2.05) is 0 Å². The number of ether oxygens (including phenoxy) is 1. The maximum Gasteiger partial charge on any atom is 0.109 e. The number of nitrogens with one attached hydrogen (secondary N) is 1. The zero-order valence-electron chi connectivity index (χ0n) is 5.35. The van der Waals surface area contributed by atoms with Crippen molar-refractivity contribution in [3.63, 3.8) is 0 Å². The van der Waals surface area contributed by atoms with Crippen molar-refractivity contribution in [2.75, 3.05) is 13.7 Å². The molecule has 0 amide bonds. The molecule has 0 saturated heterocycles. The van der Waals surface area contributed by atoms with Crippen molar-refractivity contribution in [1.82, 2.24) is 9.97 Å². The van der Waals surface area contributed by atoms with Crippen molar-refractivity contribution in [2.24, 2.45) is 0 Å². The lowest BCUT2D eigenvalue weighted by Crippen LogP contribution is -1.95. The highest BCUT2D eigenvalue weighted by Gasteiger charge is 1.90. The Kier molecular flexibility index (Phi) is 2.27. The van der Waals surface area contributed by atoms with Crippen LogP contribution in [0.1, 0.15) is 5.82 Å². The zero-order valence-corrected chi connectivity index (χ0v) is 5.35. The predicted molar refractivity (Wildman–Crippen MR) is 33.0 cm³/mol. The van der Waals surface area contributed by atoms with E-state index < -0.39 is 0 Å². The Balaban J connectivity index is 2.30. The summed E-state index contributed by atoms with van der Waals surface area (Å²) in [7, 11) is 1.67. The van der Waals surface area contributed by atoms with Crippen LogP contribution < -0.4 is 0 Å². The summed E-state index contributed by atoms with van der Waals surface area (Å²) in [5.41, 5.74) is 0. The van der Waals surface area contributed by atoms with Crippen LogP contribution in [0.2, 0.25) is 0 Å². The number of hydrogen-bond donors (Lipinski definition) is 1. The lowest BCUT2D eigenvalue weighted by atomic mass is 10.4. The minimum absolute atomic E-state index is 0.710. The molecule has 1 aromatic rings. The second kappa shape index (κ2) is 3.25. The number of methoxy groups -OCH3 is 1. The quantitative estimate of drug-likeness (QED) is 0.635. The van der Waals surface area contributed by atoms with Crippen LogP contribution in [-0.4, -0.2) is 23.7 Å². The van der Waals surface area contributed by atoms with Gasteiger partial charge in [-0.05, 0) is 0 Å². The number of hydrogen-bond acceptors (Lipinski definition) is 2. The summed E-state index contributed by atoms with van der Waals surface area (Å²) in [5.74, 6) is 0.928. The number of aromatic nitrogens is 2. The van der Waals surface area contributed by atoms with Gasteiger partial charge < -0.3 is 9.72 Å². The van der Waals surface area contributed by atoms with Crippen LogP contribution in [0.25, 0.3) is 0 Å².